The summed E-state index contributed by atoms with van der Waals surface area (Å²) in [7, 11) is 0. The van der Waals surface area contributed by atoms with Crippen LogP contribution < -0.4 is 10.6 Å². The molecule has 0 radical (unpaired) electrons. The number of benzene rings is 1. The van der Waals surface area contributed by atoms with Crippen LogP contribution in [0, 0.1) is 0 Å². The van der Waals surface area contributed by atoms with Crippen molar-refractivity contribution in [2.24, 2.45) is 0 Å². The Kier molecular flexibility index (Phi) is 5.84. The molecule has 1 aliphatic heterocycles. The predicted octanol–water partition coefficient (Wildman–Crippen LogP) is 4.53. The van der Waals surface area contributed by atoms with Gasteiger partial charge in [-0.25, -0.2) is 19.6 Å². The lowest BCUT2D eigenvalue weighted by molar-refractivity contribution is -0.139. The zero-order valence-electron chi connectivity index (χ0n) is 17.5. The van der Waals surface area contributed by atoms with Crippen molar-refractivity contribution in [1.82, 2.24) is 20.6 Å². The molecule has 1 unspecified atom stereocenters. The van der Waals surface area contributed by atoms with E-state index in [2.05, 4.69) is 10.6 Å². The smallest absolute Gasteiger partial charge is 0.338 e. The van der Waals surface area contributed by atoms with Gasteiger partial charge in [-0.1, -0.05) is 36.0 Å². The fourth-order valence-corrected chi connectivity index (χ4v) is 5.47. The fourth-order valence-electron chi connectivity index (χ4n) is 3.69. The number of aromatic nitrogens is 2. The van der Waals surface area contributed by atoms with Crippen molar-refractivity contribution in [3.05, 3.63) is 63.7 Å². The summed E-state index contributed by atoms with van der Waals surface area (Å²) in [5.41, 5.74) is 1.89. The first kappa shape index (κ1) is 21.0. The molecule has 7 nitrogen and oxygen atoms in total. The maximum Gasteiger partial charge on any atom is 0.338 e. The molecule has 164 valence electrons. The highest BCUT2D eigenvalue weighted by Gasteiger charge is 2.34. The van der Waals surface area contributed by atoms with Crippen molar-refractivity contribution in [3.63, 3.8) is 0 Å². The van der Waals surface area contributed by atoms with Gasteiger partial charge in [0.2, 0.25) is 0 Å². The summed E-state index contributed by atoms with van der Waals surface area (Å²) in [6, 6.07) is 10.9. The number of thioether (sulfide) groups is 1. The first-order chi connectivity index (χ1) is 15.6. The molecule has 1 fully saturated rings. The zero-order valence-corrected chi connectivity index (χ0v) is 19.1. The number of rotatable bonds is 7. The molecule has 2 aromatic heterocycles. The number of carbonyl (C=O) groups is 2. The first-order valence-corrected chi connectivity index (χ1v) is 12.4. The number of hydrogen-bond acceptors (Lipinski definition) is 7. The van der Waals surface area contributed by atoms with E-state index in [0.29, 0.717) is 22.9 Å². The summed E-state index contributed by atoms with van der Waals surface area (Å²) < 4.78 is 5.34. The summed E-state index contributed by atoms with van der Waals surface area (Å²) in [6.07, 6.45) is 2.23. The number of thiophene rings is 1. The van der Waals surface area contributed by atoms with Gasteiger partial charge in [-0.3, -0.25) is 0 Å². The Balaban J connectivity index is 1.51. The van der Waals surface area contributed by atoms with E-state index in [1.165, 1.54) is 23.1 Å². The third-order valence-corrected chi connectivity index (χ3v) is 7.31. The average molecular weight is 467 g/mol. The van der Waals surface area contributed by atoms with Gasteiger partial charge < -0.3 is 15.4 Å². The monoisotopic (exact) mass is 466 g/mol. The Hall–Kier alpha value is -2.91. The quantitative estimate of drug-likeness (QED) is 0.302. The van der Waals surface area contributed by atoms with Gasteiger partial charge >= 0.3 is 12.0 Å². The maximum atomic E-state index is 12.9. The molecule has 32 heavy (non-hydrogen) atoms. The standard InChI is InChI=1S/C23H22N4O3S2/c1-2-30-22(28)18-16(25-23(29)26-19(18)17-8-5-11-31-17)12-32-21-14-6-3-4-7-15(14)24-20(27-21)13-9-10-13/h3-8,11,13,19H,2,9-10,12H2,1H3,(H2,25,26,29). The van der Waals surface area contributed by atoms with Crippen LogP contribution in [0.5, 0.6) is 0 Å². The molecule has 2 aliphatic rings. The Bertz CT molecular complexity index is 1210. The lowest BCUT2D eigenvalue weighted by atomic mass is 10.0. The van der Waals surface area contributed by atoms with Crippen molar-refractivity contribution in [3.8, 4) is 0 Å². The number of urea groups is 1. The summed E-state index contributed by atoms with van der Waals surface area (Å²) in [4.78, 5) is 35.8. The molecule has 0 bridgehead atoms. The molecule has 3 aromatic rings. The van der Waals surface area contributed by atoms with E-state index in [4.69, 9.17) is 14.7 Å². The molecule has 2 N–H and O–H groups in total. The highest BCUT2D eigenvalue weighted by atomic mass is 32.2. The highest BCUT2D eigenvalue weighted by Crippen LogP contribution is 2.40. The summed E-state index contributed by atoms with van der Waals surface area (Å²) in [5.74, 6) is 1.25. The Morgan fingerprint density at radius 1 is 1.22 bits per heavy atom. The minimum Gasteiger partial charge on any atom is -0.463 e. The fraction of sp³-hybridized carbons (Fsp3) is 0.304. The van der Waals surface area contributed by atoms with Gasteiger partial charge in [-0.15, -0.1) is 11.3 Å². The van der Waals surface area contributed by atoms with E-state index in [9.17, 15) is 9.59 Å². The number of fused-ring (bicyclic) bond motifs is 1. The van der Waals surface area contributed by atoms with Crippen molar-refractivity contribution in [2.45, 2.75) is 36.8 Å². The van der Waals surface area contributed by atoms with Gasteiger partial charge in [0.15, 0.2) is 0 Å². The maximum absolute atomic E-state index is 12.9. The van der Waals surface area contributed by atoms with Gasteiger partial charge in [0, 0.05) is 27.6 Å². The van der Waals surface area contributed by atoms with Crippen molar-refractivity contribution < 1.29 is 14.3 Å². The minimum atomic E-state index is -0.539. The molecule has 1 saturated carbocycles. The third-order valence-electron chi connectivity index (χ3n) is 5.36. The molecule has 1 atom stereocenters. The molecule has 1 aliphatic carbocycles. The van der Waals surface area contributed by atoms with E-state index in [-0.39, 0.29) is 12.6 Å². The number of carbonyl (C=O) groups excluding carboxylic acids is 2. The Morgan fingerprint density at radius 2 is 2.06 bits per heavy atom. The third kappa shape index (κ3) is 4.22. The lowest BCUT2D eigenvalue weighted by Crippen LogP contribution is -2.46. The summed E-state index contributed by atoms with van der Waals surface area (Å²) in [6.45, 7) is 2.03. The molecule has 5 rings (SSSR count). The lowest BCUT2D eigenvalue weighted by Gasteiger charge is -2.28. The average Bonchev–Trinajstić information content (AvgIpc) is 3.50. The molecule has 2 amide bonds. The van der Waals surface area contributed by atoms with Crippen LogP contribution >= 0.6 is 23.1 Å². The van der Waals surface area contributed by atoms with E-state index in [0.717, 1.165) is 39.5 Å². The van der Waals surface area contributed by atoms with Gasteiger partial charge in [-0.05, 0) is 37.3 Å². The van der Waals surface area contributed by atoms with Crippen LogP contribution in [0.1, 0.15) is 42.4 Å². The first-order valence-electron chi connectivity index (χ1n) is 10.5. The number of nitrogens with zero attached hydrogens (tertiary/aromatic N) is 2. The van der Waals surface area contributed by atoms with E-state index in [1.54, 1.807) is 6.92 Å². The van der Waals surface area contributed by atoms with Crippen molar-refractivity contribution in [1.29, 1.82) is 0 Å². The second-order valence-corrected chi connectivity index (χ2v) is 9.57. The number of esters is 1. The number of hydrogen-bond donors (Lipinski definition) is 2. The van der Waals surface area contributed by atoms with Crippen LogP contribution in [-0.2, 0) is 9.53 Å². The number of para-hydroxylation sites is 1. The minimum absolute atomic E-state index is 0.259. The molecule has 9 heteroatoms. The van der Waals surface area contributed by atoms with E-state index < -0.39 is 12.0 Å². The summed E-state index contributed by atoms with van der Waals surface area (Å²) >= 11 is 2.99. The second-order valence-electron chi connectivity index (χ2n) is 7.63. The predicted molar refractivity (Wildman–Crippen MR) is 125 cm³/mol. The molecule has 3 heterocycles. The van der Waals surface area contributed by atoms with E-state index >= 15 is 0 Å². The number of amides is 2. The van der Waals surface area contributed by atoms with Crippen molar-refractivity contribution in [2.75, 3.05) is 12.4 Å². The van der Waals surface area contributed by atoms with Gasteiger partial charge in [0.1, 0.15) is 10.9 Å². The van der Waals surface area contributed by atoms with Crippen LogP contribution in [0.2, 0.25) is 0 Å². The van der Waals surface area contributed by atoms with Gasteiger partial charge in [0.25, 0.3) is 0 Å². The zero-order chi connectivity index (χ0) is 22.1. The van der Waals surface area contributed by atoms with E-state index in [1.807, 2.05) is 41.8 Å². The van der Waals surface area contributed by atoms with Crippen LogP contribution in [-0.4, -0.2) is 34.3 Å². The number of ether oxygens (including phenoxy) is 1. The van der Waals surface area contributed by atoms with Crippen molar-refractivity contribution >= 4 is 46.0 Å². The van der Waals surface area contributed by atoms with Crippen LogP contribution in [0.25, 0.3) is 10.9 Å². The summed E-state index contributed by atoms with van der Waals surface area (Å²) in [5, 5.41) is 9.45. The Labute approximate surface area is 193 Å². The number of nitrogens with one attached hydrogen (secondary N) is 2. The molecular weight excluding hydrogens is 444 g/mol. The largest absolute Gasteiger partial charge is 0.463 e. The van der Waals surface area contributed by atoms with Crippen LogP contribution in [0.15, 0.2) is 58.1 Å². The Morgan fingerprint density at radius 3 is 2.81 bits per heavy atom. The molecule has 1 aromatic carbocycles. The van der Waals surface area contributed by atoms with Crippen LogP contribution in [0.4, 0.5) is 4.79 Å². The topological polar surface area (TPSA) is 93.2 Å². The molecule has 0 spiro atoms. The van der Waals surface area contributed by atoms with Gasteiger partial charge in [0.05, 0.1) is 23.7 Å². The van der Waals surface area contributed by atoms with Crippen LogP contribution in [0.3, 0.4) is 0 Å². The van der Waals surface area contributed by atoms with Gasteiger partial charge in [-0.2, -0.15) is 0 Å². The highest BCUT2D eigenvalue weighted by molar-refractivity contribution is 7.99. The molecule has 0 saturated heterocycles. The SMILES string of the molecule is CCOC(=O)C1=C(CSc2nc(C3CC3)nc3ccccc23)NC(=O)NC1c1cccs1. The normalized spacial score (nSPS) is 18.4. The second kappa shape index (κ2) is 8.91. The molecular formula is C23H22N4O3S2.